The highest BCUT2D eigenvalue weighted by molar-refractivity contribution is 5.70. The molecule has 0 spiro atoms. The van der Waals surface area contributed by atoms with Crippen LogP contribution in [0.15, 0.2) is 84.9 Å². The van der Waals surface area contributed by atoms with Crippen molar-refractivity contribution >= 4 is 0 Å². The second-order valence-electron chi connectivity index (χ2n) is 6.49. The Labute approximate surface area is 156 Å². The zero-order chi connectivity index (χ0) is 18.2. The number of hydrogen-bond acceptors (Lipinski definition) is 2. The third-order valence-electron chi connectivity index (χ3n) is 4.72. The highest BCUT2D eigenvalue weighted by Crippen LogP contribution is 2.29. The van der Waals surface area contributed by atoms with E-state index in [1.807, 2.05) is 42.5 Å². The van der Waals surface area contributed by atoms with Crippen LogP contribution >= 0.6 is 0 Å². The first-order valence-corrected chi connectivity index (χ1v) is 9.19. The molecule has 0 fully saturated rings. The van der Waals surface area contributed by atoms with Crippen LogP contribution in [0, 0.1) is 0 Å². The van der Waals surface area contributed by atoms with Crippen LogP contribution in [-0.2, 0) is 4.74 Å². The first-order chi connectivity index (χ1) is 12.8. The molecule has 3 aromatic rings. The van der Waals surface area contributed by atoms with Gasteiger partial charge in [0.15, 0.2) is 0 Å². The number of rotatable bonds is 8. The van der Waals surface area contributed by atoms with E-state index >= 15 is 0 Å². The maximum absolute atomic E-state index is 6.00. The predicted octanol–water partition coefficient (Wildman–Crippen LogP) is 5.94. The summed E-state index contributed by atoms with van der Waals surface area (Å²) < 4.78 is 12.0. The topological polar surface area (TPSA) is 18.5 Å². The molecule has 0 bridgehead atoms. The van der Waals surface area contributed by atoms with Crippen molar-refractivity contribution < 1.29 is 9.47 Å². The average molecular weight is 346 g/mol. The molecule has 0 saturated carbocycles. The summed E-state index contributed by atoms with van der Waals surface area (Å²) in [4.78, 5) is 0. The highest BCUT2D eigenvalue weighted by Gasteiger charge is 2.14. The third kappa shape index (κ3) is 4.74. The lowest BCUT2D eigenvalue weighted by Gasteiger charge is -2.21. The Morgan fingerprint density at radius 3 is 2.04 bits per heavy atom. The van der Waals surface area contributed by atoms with Gasteiger partial charge in [0.1, 0.15) is 12.4 Å². The van der Waals surface area contributed by atoms with E-state index < -0.39 is 0 Å². The highest BCUT2D eigenvalue weighted by atomic mass is 16.5. The molecule has 2 heteroatoms. The van der Waals surface area contributed by atoms with Gasteiger partial charge in [0.2, 0.25) is 0 Å². The smallest absolute Gasteiger partial charge is 0.127 e. The summed E-state index contributed by atoms with van der Waals surface area (Å²) in [5.74, 6) is 1.25. The Morgan fingerprint density at radius 1 is 0.692 bits per heavy atom. The van der Waals surface area contributed by atoms with Gasteiger partial charge < -0.3 is 9.47 Å². The Balaban J connectivity index is 1.53. The van der Waals surface area contributed by atoms with Crippen molar-refractivity contribution in [1.82, 2.24) is 0 Å². The zero-order valence-corrected chi connectivity index (χ0v) is 15.5. The van der Waals surface area contributed by atoms with Gasteiger partial charge in [-0.25, -0.2) is 0 Å². The van der Waals surface area contributed by atoms with Crippen LogP contribution in [0.1, 0.15) is 25.3 Å². The molecule has 0 aromatic heterocycles. The summed E-state index contributed by atoms with van der Waals surface area (Å²) in [6.07, 6.45) is 0.144. The van der Waals surface area contributed by atoms with Crippen LogP contribution in [-0.4, -0.2) is 19.3 Å². The Kier molecular flexibility index (Phi) is 6.45. The van der Waals surface area contributed by atoms with Gasteiger partial charge in [0.25, 0.3) is 0 Å². The van der Waals surface area contributed by atoms with Gasteiger partial charge in [-0.3, -0.25) is 0 Å². The lowest BCUT2D eigenvalue weighted by atomic mass is 9.96. The largest absolute Gasteiger partial charge is 0.491 e. The molecule has 0 aliphatic heterocycles. The molecule has 0 N–H and O–H groups in total. The normalized spacial score (nSPS) is 13.2. The average Bonchev–Trinajstić information content (AvgIpc) is 2.72. The van der Waals surface area contributed by atoms with Crippen LogP contribution in [0.2, 0.25) is 0 Å². The minimum atomic E-state index is 0.144. The van der Waals surface area contributed by atoms with Gasteiger partial charge in [-0.15, -0.1) is 0 Å². The van der Waals surface area contributed by atoms with Gasteiger partial charge in [-0.1, -0.05) is 85.8 Å². The summed E-state index contributed by atoms with van der Waals surface area (Å²) in [7, 11) is 0. The van der Waals surface area contributed by atoms with Gasteiger partial charge in [0.05, 0.1) is 12.7 Å². The van der Waals surface area contributed by atoms with E-state index in [2.05, 4.69) is 56.3 Å². The van der Waals surface area contributed by atoms with E-state index in [-0.39, 0.29) is 6.10 Å². The van der Waals surface area contributed by atoms with Crippen molar-refractivity contribution in [3.8, 4) is 16.9 Å². The van der Waals surface area contributed by atoms with Gasteiger partial charge in [0, 0.05) is 11.5 Å². The summed E-state index contributed by atoms with van der Waals surface area (Å²) in [6, 6.07) is 28.9. The molecule has 0 saturated heterocycles. The van der Waals surface area contributed by atoms with Crippen LogP contribution in [0.5, 0.6) is 5.75 Å². The molecule has 26 heavy (non-hydrogen) atoms. The second-order valence-corrected chi connectivity index (χ2v) is 6.49. The Morgan fingerprint density at radius 2 is 1.31 bits per heavy atom. The van der Waals surface area contributed by atoms with E-state index in [1.54, 1.807) is 0 Å². The molecule has 2 nitrogen and oxygen atoms in total. The summed E-state index contributed by atoms with van der Waals surface area (Å²) in [6.45, 7) is 5.43. The molecule has 134 valence electrons. The minimum Gasteiger partial charge on any atom is -0.491 e. The quantitative estimate of drug-likeness (QED) is 0.470. The molecular formula is C24H26O2. The maximum Gasteiger partial charge on any atom is 0.127 e. The molecular weight excluding hydrogens is 320 g/mol. The predicted molar refractivity (Wildman–Crippen MR) is 108 cm³/mol. The van der Waals surface area contributed by atoms with Crippen molar-refractivity contribution in [1.29, 1.82) is 0 Å². The molecule has 0 aliphatic rings. The van der Waals surface area contributed by atoms with Crippen molar-refractivity contribution in [2.24, 2.45) is 0 Å². The Hall–Kier alpha value is -2.58. The lowest BCUT2D eigenvalue weighted by molar-refractivity contribution is 0.0319. The van der Waals surface area contributed by atoms with E-state index in [1.165, 1.54) is 5.56 Å². The fraction of sp³-hybridized carbons (Fsp3) is 0.250. The fourth-order valence-electron chi connectivity index (χ4n) is 3.01. The van der Waals surface area contributed by atoms with Gasteiger partial charge in [-0.2, -0.15) is 0 Å². The lowest BCUT2D eigenvalue weighted by Crippen LogP contribution is -2.20. The second kappa shape index (κ2) is 9.21. The monoisotopic (exact) mass is 346 g/mol. The molecule has 0 amide bonds. The van der Waals surface area contributed by atoms with Crippen LogP contribution in [0.25, 0.3) is 11.1 Å². The number of ether oxygens (including phenoxy) is 2. The molecule has 3 rings (SSSR count). The van der Waals surface area contributed by atoms with Crippen LogP contribution in [0.3, 0.4) is 0 Å². The molecule has 3 aromatic carbocycles. The van der Waals surface area contributed by atoms with Gasteiger partial charge in [-0.05, 0) is 24.1 Å². The zero-order valence-electron chi connectivity index (χ0n) is 15.5. The SMILES string of the molecule is CC(OCCOc1ccccc1-c1ccccc1)C(C)c1ccccc1. The van der Waals surface area contributed by atoms with Crippen molar-refractivity contribution in [2.75, 3.05) is 13.2 Å². The number of hydrogen-bond donors (Lipinski definition) is 0. The van der Waals surface area contributed by atoms with E-state index in [0.717, 1.165) is 16.9 Å². The minimum absolute atomic E-state index is 0.144. The van der Waals surface area contributed by atoms with Crippen molar-refractivity contribution in [3.63, 3.8) is 0 Å². The molecule has 2 unspecified atom stereocenters. The molecule has 2 atom stereocenters. The first-order valence-electron chi connectivity index (χ1n) is 9.19. The molecule has 0 heterocycles. The van der Waals surface area contributed by atoms with E-state index in [0.29, 0.717) is 19.1 Å². The number of para-hydroxylation sites is 1. The Bertz CT molecular complexity index is 784. The fourth-order valence-corrected chi connectivity index (χ4v) is 3.01. The van der Waals surface area contributed by atoms with E-state index in [4.69, 9.17) is 9.47 Å². The standard InChI is InChI=1S/C24H26O2/c1-19(21-11-5-3-6-12-21)20(2)25-17-18-26-24-16-10-9-15-23(24)22-13-7-4-8-14-22/h3-16,19-20H,17-18H2,1-2H3. The first kappa shape index (κ1) is 18.2. The molecule has 0 radical (unpaired) electrons. The number of benzene rings is 3. The van der Waals surface area contributed by atoms with Crippen LogP contribution < -0.4 is 4.74 Å². The summed E-state index contributed by atoms with van der Waals surface area (Å²) in [5, 5.41) is 0. The maximum atomic E-state index is 6.00. The molecule has 0 aliphatic carbocycles. The van der Waals surface area contributed by atoms with Crippen molar-refractivity contribution in [3.05, 3.63) is 90.5 Å². The summed E-state index contributed by atoms with van der Waals surface area (Å²) in [5.41, 5.74) is 3.57. The van der Waals surface area contributed by atoms with Crippen LogP contribution in [0.4, 0.5) is 0 Å². The van der Waals surface area contributed by atoms with Gasteiger partial charge >= 0.3 is 0 Å². The third-order valence-corrected chi connectivity index (χ3v) is 4.72. The summed E-state index contributed by atoms with van der Waals surface area (Å²) >= 11 is 0. The van der Waals surface area contributed by atoms with E-state index in [9.17, 15) is 0 Å². The van der Waals surface area contributed by atoms with Crippen molar-refractivity contribution in [2.45, 2.75) is 25.9 Å².